The summed E-state index contributed by atoms with van der Waals surface area (Å²) in [5.41, 5.74) is 3.52. The first-order valence-electron chi connectivity index (χ1n) is 9.28. The Morgan fingerprint density at radius 2 is 1.66 bits per heavy atom. The van der Waals surface area contributed by atoms with Crippen LogP contribution in [0.3, 0.4) is 0 Å². The lowest BCUT2D eigenvalue weighted by Gasteiger charge is -2.11. The van der Waals surface area contributed by atoms with Gasteiger partial charge in [0.1, 0.15) is 5.75 Å². The Labute approximate surface area is 174 Å². The van der Waals surface area contributed by atoms with Gasteiger partial charge in [0, 0.05) is 27.7 Å². The van der Waals surface area contributed by atoms with E-state index in [1.54, 1.807) is 24.3 Å². The molecule has 29 heavy (non-hydrogen) atoms. The van der Waals surface area contributed by atoms with Crippen LogP contribution in [0.2, 0.25) is 5.02 Å². The van der Waals surface area contributed by atoms with Crippen LogP contribution < -0.4 is 4.74 Å². The van der Waals surface area contributed by atoms with Gasteiger partial charge in [-0.3, -0.25) is 4.79 Å². The zero-order valence-corrected chi connectivity index (χ0v) is 17.3. The molecular weight excluding hydrogens is 390 g/mol. The van der Waals surface area contributed by atoms with Crippen molar-refractivity contribution in [3.63, 3.8) is 0 Å². The average molecular weight is 412 g/mol. The summed E-state index contributed by atoms with van der Waals surface area (Å²) in [6.45, 7) is 6.02. The van der Waals surface area contributed by atoms with E-state index >= 15 is 0 Å². The highest BCUT2D eigenvalue weighted by Gasteiger charge is 2.18. The molecule has 3 aromatic rings. The molecular formula is C23H22ClNO4. The van der Waals surface area contributed by atoms with E-state index in [9.17, 15) is 9.59 Å². The summed E-state index contributed by atoms with van der Waals surface area (Å²) in [6.07, 6.45) is 0. The van der Waals surface area contributed by atoms with Crippen LogP contribution in [0.4, 0.5) is 0 Å². The molecule has 2 aromatic carbocycles. The standard InChI is InChI=1S/C23H22ClNO4/c1-4-28-20-11-9-19(10-12-20)25-15(2)13-21(16(25)3)22(26)14-29-23(27)17-5-7-18(24)8-6-17/h5-13H,4,14H2,1-3H3. The molecule has 0 fully saturated rings. The molecule has 1 heterocycles. The number of carbonyl (C=O) groups is 2. The van der Waals surface area contributed by atoms with Gasteiger partial charge in [-0.25, -0.2) is 4.79 Å². The van der Waals surface area contributed by atoms with E-state index in [0.29, 0.717) is 22.8 Å². The molecule has 0 saturated heterocycles. The van der Waals surface area contributed by atoms with Crippen LogP contribution in [-0.2, 0) is 4.74 Å². The Balaban J connectivity index is 1.74. The Morgan fingerprint density at radius 3 is 2.28 bits per heavy atom. The molecule has 0 atom stereocenters. The molecule has 1 aromatic heterocycles. The molecule has 0 aliphatic carbocycles. The third kappa shape index (κ3) is 4.69. The number of esters is 1. The third-order valence-corrected chi connectivity index (χ3v) is 4.80. The van der Waals surface area contributed by atoms with Crippen molar-refractivity contribution in [1.82, 2.24) is 4.57 Å². The fourth-order valence-corrected chi connectivity index (χ4v) is 3.30. The highest BCUT2D eigenvalue weighted by atomic mass is 35.5. The van der Waals surface area contributed by atoms with Gasteiger partial charge in [-0.15, -0.1) is 0 Å². The lowest BCUT2D eigenvalue weighted by molar-refractivity contribution is 0.0474. The van der Waals surface area contributed by atoms with Gasteiger partial charge < -0.3 is 14.0 Å². The lowest BCUT2D eigenvalue weighted by atomic mass is 10.1. The van der Waals surface area contributed by atoms with E-state index in [2.05, 4.69) is 0 Å². The van der Waals surface area contributed by atoms with Crippen molar-refractivity contribution < 1.29 is 19.1 Å². The van der Waals surface area contributed by atoms with E-state index in [4.69, 9.17) is 21.1 Å². The minimum absolute atomic E-state index is 0.252. The van der Waals surface area contributed by atoms with Gasteiger partial charge in [0.05, 0.1) is 12.2 Å². The van der Waals surface area contributed by atoms with Crippen LogP contribution in [0.15, 0.2) is 54.6 Å². The maximum atomic E-state index is 12.7. The number of aromatic nitrogens is 1. The molecule has 0 saturated carbocycles. The summed E-state index contributed by atoms with van der Waals surface area (Å²) in [6, 6.07) is 15.8. The van der Waals surface area contributed by atoms with Crippen LogP contribution in [0.5, 0.6) is 5.75 Å². The number of carbonyl (C=O) groups excluding carboxylic acids is 2. The van der Waals surface area contributed by atoms with Crippen molar-refractivity contribution >= 4 is 23.4 Å². The summed E-state index contributed by atoms with van der Waals surface area (Å²) in [5, 5.41) is 0.527. The van der Waals surface area contributed by atoms with Gasteiger partial charge in [0.2, 0.25) is 5.78 Å². The predicted molar refractivity (Wildman–Crippen MR) is 112 cm³/mol. The molecule has 0 amide bonds. The number of halogens is 1. The Bertz CT molecular complexity index is 1020. The van der Waals surface area contributed by atoms with E-state index in [1.165, 1.54) is 0 Å². The molecule has 150 valence electrons. The fraction of sp³-hybridized carbons (Fsp3) is 0.217. The molecule has 0 bridgehead atoms. The van der Waals surface area contributed by atoms with Crippen molar-refractivity contribution in [2.24, 2.45) is 0 Å². The van der Waals surface area contributed by atoms with Crippen LogP contribution in [0.1, 0.15) is 39.0 Å². The maximum absolute atomic E-state index is 12.7. The number of aryl methyl sites for hydroxylation is 1. The molecule has 0 aliphatic rings. The minimum Gasteiger partial charge on any atom is -0.494 e. The average Bonchev–Trinajstić information content (AvgIpc) is 3.01. The molecule has 6 heteroatoms. The Kier molecular flexibility index (Phi) is 6.39. The fourth-order valence-electron chi connectivity index (χ4n) is 3.18. The maximum Gasteiger partial charge on any atom is 0.338 e. The van der Waals surface area contributed by atoms with Gasteiger partial charge >= 0.3 is 5.97 Å². The largest absolute Gasteiger partial charge is 0.494 e. The molecule has 0 spiro atoms. The number of ether oxygens (including phenoxy) is 2. The Morgan fingerprint density at radius 1 is 1.00 bits per heavy atom. The quantitative estimate of drug-likeness (QED) is 0.396. The van der Waals surface area contributed by atoms with Crippen LogP contribution in [0.25, 0.3) is 5.69 Å². The minimum atomic E-state index is -0.560. The number of hydrogen-bond acceptors (Lipinski definition) is 4. The van der Waals surface area contributed by atoms with Gasteiger partial charge in [-0.05, 0) is 75.4 Å². The topological polar surface area (TPSA) is 57.5 Å². The second-order valence-corrected chi connectivity index (χ2v) is 6.99. The van der Waals surface area contributed by atoms with Crippen molar-refractivity contribution in [3.05, 3.63) is 82.1 Å². The molecule has 0 N–H and O–H groups in total. The summed E-state index contributed by atoms with van der Waals surface area (Å²) in [5.74, 6) is -0.0166. The van der Waals surface area contributed by atoms with Gasteiger partial charge in [0.25, 0.3) is 0 Å². The van der Waals surface area contributed by atoms with E-state index < -0.39 is 5.97 Å². The first kappa shape index (κ1) is 20.7. The third-order valence-electron chi connectivity index (χ3n) is 4.55. The summed E-state index contributed by atoms with van der Waals surface area (Å²) in [4.78, 5) is 24.8. The predicted octanol–water partition coefficient (Wildman–Crippen LogP) is 5.19. The monoisotopic (exact) mass is 411 g/mol. The van der Waals surface area contributed by atoms with Gasteiger partial charge in [0.15, 0.2) is 6.61 Å². The van der Waals surface area contributed by atoms with Crippen LogP contribution >= 0.6 is 11.6 Å². The SMILES string of the molecule is CCOc1ccc(-n2c(C)cc(C(=O)COC(=O)c3ccc(Cl)cc3)c2C)cc1. The van der Waals surface area contributed by atoms with Crippen molar-refractivity contribution in [1.29, 1.82) is 0 Å². The van der Waals surface area contributed by atoms with Crippen molar-refractivity contribution in [3.8, 4) is 11.4 Å². The lowest BCUT2D eigenvalue weighted by Crippen LogP contribution is -2.15. The highest BCUT2D eigenvalue weighted by Crippen LogP contribution is 2.23. The summed E-state index contributed by atoms with van der Waals surface area (Å²) < 4.78 is 12.6. The normalized spacial score (nSPS) is 10.6. The number of hydrogen-bond donors (Lipinski definition) is 0. The molecule has 3 rings (SSSR count). The Hall–Kier alpha value is -3.05. The highest BCUT2D eigenvalue weighted by molar-refractivity contribution is 6.30. The zero-order valence-electron chi connectivity index (χ0n) is 16.6. The molecule has 0 unspecified atom stereocenters. The summed E-state index contributed by atoms with van der Waals surface area (Å²) in [7, 11) is 0. The van der Waals surface area contributed by atoms with Gasteiger partial charge in [-0.2, -0.15) is 0 Å². The number of nitrogens with zero attached hydrogens (tertiary/aromatic N) is 1. The first-order chi connectivity index (χ1) is 13.9. The zero-order chi connectivity index (χ0) is 21.0. The number of benzene rings is 2. The molecule has 0 radical (unpaired) electrons. The number of ketones is 1. The smallest absolute Gasteiger partial charge is 0.338 e. The van der Waals surface area contributed by atoms with Crippen LogP contribution in [-0.4, -0.2) is 29.5 Å². The molecule has 5 nitrogen and oxygen atoms in total. The van der Waals surface area contributed by atoms with E-state index in [-0.39, 0.29) is 12.4 Å². The first-order valence-corrected chi connectivity index (χ1v) is 9.66. The van der Waals surface area contributed by atoms with Crippen molar-refractivity contribution in [2.75, 3.05) is 13.2 Å². The van der Waals surface area contributed by atoms with E-state index in [0.717, 1.165) is 22.8 Å². The van der Waals surface area contributed by atoms with Crippen LogP contribution in [0, 0.1) is 13.8 Å². The second kappa shape index (κ2) is 8.97. The number of rotatable bonds is 7. The van der Waals surface area contributed by atoms with Crippen molar-refractivity contribution in [2.45, 2.75) is 20.8 Å². The van der Waals surface area contributed by atoms with E-state index in [1.807, 2.05) is 55.7 Å². The molecule has 0 aliphatic heterocycles. The van der Waals surface area contributed by atoms with Gasteiger partial charge in [-0.1, -0.05) is 11.6 Å². The summed E-state index contributed by atoms with van der Waals surface area (Å²) >= 11 is 5.82. The second-order valence-electron chi connectivity index (χ2n) is 6.55. The number of Topliss-reactive ketones (excluding diaryl/α,β-unsaturated/α-hetero) is 1.